The number of fused-ring (bicyclic) bond motifs is 1. The lowest BCUT2D eigenvalue weighted by Gasteiger charge is -2.21. The zero-order chi connectivity index (χ0) is 15.8. The van der Waals surface area contributed by atoms with Gasteiger partial charge in [-0.15, -0.1) is 11.3 Å². The van der Waals surface area contributed by atoms with Crippen LogP contribution in [0.2, 0.25) is 0 Å². The van der Waals surface area contributed by atoms with Crippen LogP contribution < -0.4 is 5.32 Å². The molecule has 1 aliphatic heterocycles. The third-order valence-electron chi connectivity index (χ3n) is 4.99. The fraction of sp³-hybridized carbons (Fsp3) is 0.556. The number of nitrogens with zero attached hydrogens (tertiary/aromatic N) is 3. The summed E-state index contributed by atoms with van der Waals surface area (Å²) in [5.41, 5.74) is 1.92. The van der Waals surface area contributed by atoms with E-state index in [1.165, 1.54) is 19.6 Å². The van der Waals surface area contributed by atoms with Crippen LogP contribution in [0.5, 0.6) is 0 Å². The number of piperidine rings is 1. The van der Waals surface area contributed by atoms with E-state index < -0.39 is 0 Å². The van der Waals surface area contributed by atoms with Crippen LogP contribution in [0.4, 0.5) is 5.13 Å². The molecule has 0 aromatic carbocycles. The molecule has 5 heteroatoms. The average Bonchev–Trinajstić information content (AvgIpc) is 2.94. The van der Waals surface area contributed by atoms with Crippen LogP contribution in [0.15, 0.2) is 29.8 Å². The highest BCUT2D eigenvalue weighted by Crippen LogP contribution is 2.51. The molecule has 0 amide bonds. The Labute approximate surface area is 142 Å². The maximum atomic E-state index is 4.66. The first kappa shape index (κ1) is 15.1. The van der Waals surface area contributed by atoms with E-state index in [9.17, 15) is 0 Å². The highest BCUT2D eigenvalue weighted by Gasteiger charge is 2.54. The van der Waals surface area contributed by atoms with E-state index in [1.54, 1.807) is 11.3 Å². The molecule has 0 bridgehead atoms. The highest BCUT2D eigenvalue weighted by atomic mass is 32.1. The van der Waals surface area contributed by atoms with Gasteiger partial charge in [0.25, 0.3) is 0 Å². The van der Waals surface area contributed by atoms with Gasteiger partial charge in [0.1, 0.15) is 5.69 Å². The van der Waals surface area contributed by atoms with Crippen LogP contribution in [0.1, 0.15) is 13.8 Å². The van der Waals surface area contributed by atoms with E-state index in [-0.39, 0.29) is 0 Å². The normalized spacial score (nSPS) is 26.5. The van der Waals surface area contributed by atoms with Crippen LogP contribution in [0.3, 0.4) is 0 Å². The first-order valence-electron chi connectivity index (χ1n) is 8.54. The molecule has 122 valence electrons. The minimum absolute atomic E-state index is 0.782. The van der Waals surface area contributed by atoms with Crippen molar-refractivity contribution in [2.24, 2.45) is 23.7 Å². The zero-order valence-electron chi connectivity index (χ0n) is 13.8. The van der Waals surface area contributed by atoms with E-state index >= 15 is 0 Å². The van der Waals surface area contributed by atoms with Crippen molar-refractivity contribution in [2.75, 3.05) is 31.5 Å². The minimum atomic E-state index is 0.782. The molecule has 4 rings (SSSR count). The lowest BCUT2D eigenvalue weighted by Crippen LogP contribution is -2.29. The molecule has 2 aliphatic rings. The summed E-state index contributed by atoms with van der Waals surface area (Å²) < 4.78 is 0. The Hall–Kier alpha value is -1.46. The molecule has 0 spiro atoms. The number of rotatable bonds is 6. The van der Waals surface area contributed by atoms with Crippen molar-refractivity contribution in [3.8, 4) is 11.4 Å². The van der Waals surface area contributed by atoms with Gasteiger partial charge in [0, 0.05) is 37.8 Å². The summed E-state index contributed by atoms with van der Waals surface area (Å²) in [4.78, 5) is 11.7. The number of anilines is 1. The van der Waals surface area contributed by atoms with Crippen LogP contribution in [0, 0.1) is 23.7 Å². The predicted molar refractivity (Wildman–Crippen MR) is 95.6 cm³/mol. The van der Waals surface area contributed by atoms with E-state index in [1.807, 2.05) is 24.4 Å². The van der Waals surface area contributed by atoms with Crippen molar-refractivity contribution < 1.29 is 0 Å². The molecule has 2 aromatic rings. The largest absolute Gasteiger partial charge is 0.361 e. The predicted octanol–water partition coefficient (Wildman–Crippen LogP) is 3.45. The second-order valence-electron chi connectivity index (χ2n) is 7.24. The van der Waals surface area contributed by atoms with Gasteiger partial charge in [0.05, 0.1) is 5.69 Å². The van der Waals surface area contributed by atoms with Crippen molar-refractivity contribution in [3.63, 3.8) is 0 Å². The molecule has 3 heterocycles. The smallest absolute Gasteiger partial charge is 0.183 e. The van der Waals surface area contributed by atoms with E-state index in [0.717, 1.165) is 46.7 Å². The summed E-state index contributed by atoms with van der Waals surface area (Å²) in [6, 6.07) is 5.94. The Balaban J connectivity index is 1.27. The van der Waals surface area contributed by atoms with Gasteiger partial charge in [0.2, 0.25) is 0 Å². The number of hydrogen-bond acceptors (Lipinski definition) is 5. The molecule has 4 nitrogen and oxygen atoms in total. The first-order chi connectivity index (χ1) is 11.2. The van der Waals surface area contributed by atoms with Gasteiger partial charge in [-0.3, -0.25) is 4.98 Å². The monoisotopic (exact) mass is 328 g/mol. The second-order valence-corrected chi connectivity index (χ2v) is 8.10. The van der Waals surface area contributed by atoms with Crippen molar-refractivity contribution in [2.45, 2.75) is 13.8 Å². The SMILES string of the molecule is CC(C)CN1C[C@@H]2C(CNc3nc(-c4ccccn4)cs3)[C@@H]2C1. The molecule has 0 radical (unpaired) electrons. The molecule has 1 saturated heterocycles. The molecule has 3 atom stereocenters. The Morgan fingerprint density at radius 3 is 2.78 bits per heavy atom. The maximum Gasteiger partial charge on any atom is 0.183 e. The third kappa shape index (κ3) is 3.26. The Bertz CT molecular complexity index is 642. The first-order valence-corrected chi connectivity index (χ1v) is 9.42. The zero-order valence-corrected chi connectivity index (χ0v) is 14.6. The Morgan fingerprint density at radius 2 is 2.09 bits per heavy atom. The van der Waals surface area contributed by atoms with Crippen molar-refractivity contribution in [1.82, 2.24) is 14.9 Å². The van der Waals surface area contributed by atoms with Gasteiger partial charge in [-0.05, 0) is 35.8 Å². The molecule has 1 saturated carbocycles. The molecular weight excluding hydrogens is 304 g/mol. The van der Waals surface area contributed by atoms with Crippen LogP contribution in [0.25, 0.3) is 11.4 Å². The van der Waals surface area contributed by atoms with Crippen LogP contribution in [-0.2, 0) is 0 Å². The number of likely N-dealkylation sites (tertiary alicyclic amines) is 1. The molecule has 1 N–H and O–H groups in total. The number of nitrogens with one attached hydrogen (secondary N) is 1. The van der Waals surface area contributed by atoms with Crippen molar-refractivity contribution in [3.05, 3.63) is 29.8 Å². The van der Waals surface area contributed by atoms with Crippen molar-refractivity contribution >= 4 is 16.5 Å². The van der Waals surface area contributed by atoms with Gasteiger partial charge >= 0.3 is 0 Å². The third-order valence-corrected chi connectivity index (χ3v) is 5.79. The number of pyridine rings is 1. The summed E-state index contributed by atoms with van der Waals surface area (Å²) in [7, 11) is 0. The summed E-state index contributed by atoms with van der Waals surface area (Å²) in [5.74, 6) is 3.46. The van der Waals surface area contributed by atoms with Gasteiger partial charge < -0.3 is 10.2 Å². The van der Waals surface area contributed by atoms with E-state index in [4.69, 9.17) is 0 Å². The Morgan fingerprint density at radius 1 is 1.26 bits per heavy atom. The molecule has 1 aliphatic carbocycles. The quantitative estimate of drug-likeness (QED) is 0.882. The molecule has 1 unspecified atom stereocenters. The summed E-state index contributed by atoms with van der Waals surface area (Å²) in [6.07, 6.45) is 1.82. The summed E-state index contributed by atoms with van der Waals surface area (Å²) in [5, 5.41) is 6.65. The topological polar surface area (TPSA) is 41.0 Å². The molecule has 2 aromatic heterocycles. The maximum absolute atomic E-state index is 4.66. The number of aromatic nitrogens is 2. The molecule has 2 fully saturated rings. The van der Waals surface area contributed by atoms with Gasteiger partial charge in [-0.1, -0.05) is 19.9 Å². The van der Waals surface area contributed by atoms with Gasteiger partial charge in [-0.25, -0.2) is 4.98 Å². The van der Waals surface area contributed by atoms with Crippen molar-refractivity contribution in [1.29, 1.82) is 0 Å². The second kappa shape index (κ2) is 6.21. The fourth-order valence-electron chi connectivity index (χ4n) is 3.90. The summed E-state index contributed by atoms with van der Waals surface area (Å²) >= 11 is 1.68. The lowest BCUT2D eigenvalue weighted by atomic mass is 10.2. The van der Waals surface area contributed by atoms with E-state index in [0.29, 0.717) is 0 Å². The molecular formula is C18H24N4S. The van der Waals surface area contributed by atoms with Gasteiger partial charge in [0.15, 0.2) is 5.13 Å². The highest BCUT2D eigenvalue weighted by molar-refractivity contribution is 7.14. The van der Waals surface area contributed by atoms with Crippen LogP contribution in [-0.4, -0.2) is 41.0 Å². The number of thiazole rings is 1. The van der Waals surface area contributed by atoms with Gasteiger partial charge in [-0.2, -0.15) is 0 Å². The molecule has 23 heavy (non-hydrogen) atoms. The average molecular weight is 328 g/mol. The Kier molecular flexibility index (Phi) is 4.07. The number of hydrogen-bond donors (Lipinski definition) is 1. The van der Waals surface area contributed by atoms with Crippen LogP contribution >= 0.6 is 11.3 Å². The summed E-state index contributed by atoms with van der Waals surface area (Å²) in [6.45, 7) is 9.54. The van der Waals surface area contributed by atoms with E-state index in [2.05, 4.69) is 39.4 Å². The standard InChI is InChI=1S/C18H24N4S/c1-12(2)8-22-9-14-13(15(14)10-22)7-20-18-21-17(11-23-18)16-5-3-4-6-19-16/h3-6,11-15H,7-10H2,1-2H3,(H,20,21)/t13?,14-,15+. The minimum Gasteiger partial charge on any atom is -0.361 e. The fourth-order valence-corrected chi connectivity index (χ4v) is 4.61. The lowest BCUT2D eigenvalue weighted by molar-refractivity contribution is 0.257.